The van der Waals surface area contributed by atoms with Gasteiger partial charge in [-0.25, -0.2) is 5.01 Å². The van der Waals surface area contributed by atoms with Crippen molar-refractivity contribution in [3.8, 4) is 0 Å². The third kappa shape index (κ3) is 8.19. The molecule has 7 heteroatoms. The fourth-order valence-corrected chi connectivity index (χ4v) is 4.35. The van der Waals surface area contributed by atoms with Crippen molar-refractivity contribution in [1.82, 2.24) is 20.2 Å². The quantitative estimate of drug-likeness (QED) is 0.587. The average molecular weight is 471 g/mol. The maximum Gasteiger partial charge on any atom is 0.0761 e. The lowest BCUT2D eigenvalue weighted by molar-refractivity contribution is 0.0191. The van der Waals surface area contributed by atoms with Crippen LogP contribution in [0, 0.1) is 6.92 Å². The molecule has 0 saturated heterocycles. The smallest absolute Gasteiger partial charge is 0.0761 e. The summed E-state index contributed by atoms with van der Waals surface area (Å²) in [5, 5.41) is 24.7. The van der Waals surface area contributed by atoms with Gasteiger partial charge in [0.05, 0.1) is 24.0 Å². The van der Waals surface area contributed by atoms with E-state index in [1.165, 1.54) is 26.6 Å². The van der Waals surface area contributed by atoms with Crippen molar-refractivity contribution >= 4 is 22.6 Å². The summed E-state index contributed by atoms with van der Waals surface area (Å²) in [5.41, 5.74) is 3.76. The van der Waals surface area contributed by atoms with Gasteiger partial charge in [-0.05, 0) is 38.5 Å². The largest absolute Gasteiger partial charge is 0.400 e. The molecule has 0 aliphatic carbocycles. The van der Waals surface area contributed by atoms with E-state index in [0.717, 1.165) is 13.7 Å². The van der Waals surface area contributed by atoms with Crippen LogP contribution < -0.4 is 5.32 Å². The molecule has 0 aromatic carbocycles. The Labute approximate surface area is 202 Å². The number of aliphatic hydroxyl groups excluding tert-OH is 2. The summed E-state index contributed by atoms with van der Waals surface area (Å²) in [5.74, 6) is 0. The van der Waals surface area contributed by atoms with E-state index in [4.69, 9.17) is 5.11 Å². The van der Waals surface area contributed by atoms with E-state index in [1.54, 1.807) is 0 Å². The summed E-state index contributed by atoms with van der Waals surface area (Å²) in [4.78, 5) is 4.84. The van der Waals surface area contributed by atoms with Crippen molar-refractivity contribution in [2.45, 2.75) is 80.6 Å². The van der Waals surface area contributed by atoms with Gasteiger partial charge in [0, 0.05) is 56.3 Å². The van der Waals surface area contributed by atoms with Gasteiger partial charge in [0.2, 0.25) is 0 Å². The number of aliphatic hydroxyl groups is 2. The Morgan fingerprint density at radius 2 is 1.59 bits per heavy atom. The Balaban J connectivity index is 0. The van der Waals surface area contributed by atoms with Crippen LogP contribution in [0.2, 0.25) is 0 Å². The molecule has 32 heavy (non-hydrogen) atoms. The number of nitrogens with one attached hydrogen (secondary N) is 1. The number of likely N-dealkylation sites (N-methyl/N-ethyl adjacent to an activating group) is 1. The Morgan fingerprint density at radius 3 is 2.03 bits per heavy atom. The predicted octanol–water partition coefficient (Wildman–Crippen LogP) is 4.85. The lowest BCUT2D eigenvalue weighted by Crippen LogP contribution is -2.42. The van der Waals surface area contributed by atoms with E-state index in [9.17, 15) is 5.11 Å². The first kappa shape index (κ1) is 32.8. The first-order valence-electron chi connectivity index (χ1n) is 11.9. The first-order chi connectivity index (χ1) is 15.3. The maximum atomic E-state index is 10.0. The van der Waals surface area contributed by atoms with Crippen molar-refractivity contribution < 1.29 is 10.2 Å². The van der Waals surface area contributed by atoms with Gasteiger partial charge in [-0.15, -0.1) is 11.3 Å². The molecule has 188 valence electrons. The van der Waals surface area contributed by atoms with Crippen molar-refractivity contribution in [2.75, 3.05) is 34.8 Å². The van der Waals surface area contributed by atoms with Crippen LogP contribution in [0.3, 0.4) is 0 Å². The summed E-state index contributed by atoms with van der Waals surface area (Å²) in [6, 6.07) is 2.31. The highest BCUT2D eigenvalue weighted by Crippen LogP contribution is 2.37. The van der Waals surface area contributed by atoms with Crippen molar-refractivity contribution in [3.05, 3.63) is 33.7 Å². The Morgan fingerprint density at radius 1 is 1.06 bits per heavy atom. The van der Waals surface area contributed by atoms with E-state index in [2.05, 4.69) is 66.5 Å². The Bertz CT molecular complexity index is 685. The van der Waals surface area contributed by atoms with E-state index in [-0.39, 0.29) is 6.04 Å². The minimum absolute atomic E-state index is 0.0234. The van der Waals surface area contributed by atoms with Gasteiger partial charge in [0.15, 0.2) is 0 Å². The molecule has 0 saturated carbocycles. The normalized spacial score (nSPS) is 20.7. The molecule has 3 N–H and O–H groups in total. The highest BCUT2D eigenvalue weighted by atomic mass is 32.1. The Hall–Kier alpha value is -1.38. The number of aryl methyl sites for hydroxylation is 1. The molecule has 2 aliphatic rings. The zero-order valence-corrected chi connectivity index (χ0v) is 23.6. The molecule has 2 aliphatic heterocycles. The van der Waals surface area contributed by atoms with Crippen molar-refractivity contribution in [3.63, 3.8) is 0 Å². The SMILES string of the molecule is CC.CC.CC.CO.Cc1sc(C2=CN(C)C(C)NC2)cc1C1=CC(C(C)O)N(C)N1C. The molecule has 3 rings (SSSR count). The number of hydrogen-bond acceptors (Lipinski definition) is 7. The number of hydrogen-bond donors (Lipinski definition) is 3. The number of thiophene rings is 1. The molecule has 0 radical (unpaired) electrons. The summed E-state index contributed by atoms with van der Waals surface area (Å²) < 4.78 is 0. The molecule has 3 unspecified atom stereocenters. The van der Waals surface area contributed by atoms with Crippen molar-refractivity contribution in [1.29, 1.82) is 0 Å². The van der Waals surface area contributed by atoms with Crippen LogP contribution >= 0.6 is 11.3 Å². The molecular weight excluding hydrogens is 420 g/mol. The van der Waals surface area contributed by atoms with Crippen LogP contribution in [0.15, 0.2) is 18.3 Å². The fourth-order valence-electron chi connectivity index (χ4n) is 3.31. The standard InChI is InChI=1S/C18H28N4OS.3C2H6.CH4O/c1-11(23)16-8-17(22(6)21(16)5)15-7-18(24-12(15)2)14-9-19-13(3)20(4)10-14;4*1-2/h7-8,10-11,13,16,19,23H,9H2,1-6H3;3*1-2H3;2H,1H3. The zero-order chi connectivity index (χ0) is 25.6. The molecule has 1 aromatic rings. The highest BCUT2D eigenvalue weighted by molar-refractivity contribution is 7.13. The third-order valence-corrected chi connectivity index (χ3v) is 6.27. The Kier molecular flexibility index (Phi) is 17.6. The second-order valence-corrected chi connectivity index (χ2v) is 8.09. The maximum absolute atomic E-state index is 10.0. The third-order valence-electron chi connectivity index (χ3n) is 5.14. The number of hydrazine groups is 1. The van der Waals surface area contributed by atoms with E-state index in [0.29, 0.717) is 6.17 Å². The minimum Gasteiger partial charge on any atom is -0.400 e. The van der Waals surface area contributed by atoms with Crippen LogP contribution in [-0.4, -0.2) is 78.2 Å². The van der Waals surface area contributed by atoms with Crippen LogP contribution in [-0.2, 0) is 0 Å². The lowest BCUT2D eigenvalue weighted by atomic mass is 10.1. The summed E-state index contributed by atoms with van der Waals surface area (Å²) in [6.45, 7) is 19.1. The molecule has 0 fully saturated rings. The topological polar surface area (TPSA) is 62.2 Å². The van der Waals surface area contributed by atoms with Gasteiger partial charge in [0.1, 0.15) is 0 Å². The number of rotatable bonds is 3. The second-order valence-electron chi connectivity index (χ2n) is 6.84. The average Bonchev–Trinajstić information content (AvgIpc) is 3.35. The molecule has 0 bridgehead atoms. The second kappa shape index (κ2) is 17.1. The van der Waals surface area contributed by atoms with Gasteiger partial charge in [0.25, 0.3) is 0 Å². The molecular formula is C25H50N4O2S. The molecule has 3 atom stereocenters. The fraction of sp³-hybridized carbons (Fsp3) is 0.680. The van der Waals surface area contributed by atoms with E-state index in [1.807, 2.05) is 66.9 Å². The summed E-state index contributed by atoms with van der Waals surface area (Å²) >= 11 is 1.84. The van der Waals surface area contributed by atoms with Crippen LogP contribution in [0.25, 0.3) is 11.3 Å². The summed E-state index contributed by atoms with van der Waals surface area (Å²) in [7, 11) is 7.18. The van der Waals surface area contributed by atoms with Gasteiger partial charge in [-0.1, -0.05) is 41.5 Å². The molecule has 6 nitrogen and oxygen atoms in total. The van der Waals surface area contributed by atoms with Gasteiger partial charge in [-0.3, -0.25) is 5.32 Å². The van der Waals surface area contributed by atoms with Crippen LogP contribution in [0.1, 0.15) is 70.7 Å². The van der Waals surface area contributed by atoms with Crippen molar-refractivity contribution in [2.24, 2.45) is 0 Å². The monoisotopic (exact) mass is 470 g/mol. The number of nitrogens with zero attached hydrogens (tertiary/aromatic N) is 3. The van der Waals surface area contributed by atoms with E-state index >= 15 is 0 Å². The van der Waals surface area contributed by atoms with Gasteiger partial charge >= 0.3 is 0 Å². The zero-order valence-electron chi connectivity index (χ0n) is 22.8. The van der Waals surface area contributed by atoms with Gasteiger partial charge in [-0.2, -0.15) is 0 Å². The van der Waals surface area contributed by atoms with Crippen LogP contribution in [0.4, 0.5) is 0 Å². The highest BCUT2D eigenvalue weighted by Gasteiger charge is 2.31. The molecule has 0 amide bonds. The lowest BCUT2D eigenvalue weighted by Gasteiger charge is -2.30. The van der Waals surface area contributed by atoms with Gasteiger partial charge < -0.3 is 20.1 Å². The van der Waals surface area contributed by atoms with E-state index < -0.39 is 6.10 Å². The summed E-state index contributed by atoms with van der Waals surface area (Å²) in [6.07, 6.45) is 4.39. The minimum atomic E-state index is -0.395. The molecule has 0 spiro atoms. The molecule has 1 aromatic heterocycles. The predicted molar refractivity (Wildman–Crippen MR) is 143 cm³/mol. The molecule has 3 heterocycles. The first-order valence-corrected chi connectivity index (χ1v) is 12.7. The van der Waals surface area contributed by atoms with Crippen LogP contribution in [0.5, 0.6) is 0 Å².